The molecule has 2 aliphatic rings. The summed E-state index contributed by atoms with van der Waals surface area (Å²) in [6.45, 7) is 3.56. The van der Waals surface area contributed by atoms with E-state index >= 15 is 0 Å². The van der Waals surface area contributed by atoms with Crippen LogP contribution in [0.2, 0.25) is 0 Å². The molecule has 31 heavy (non-hydrogen) atoms. The van der Waals surface area contributed by atoms with Crippen molar-refractivity contribution in [2.24, 2.45) is 0 Å². The molecule has 0 radical (unpaired) electrons. The fourth-order valence-electron chi connectivity index (χ4n) is 4.60. The van der Waals surface area contributed by atoms with Crippen molar-refractivity contribution in [1.29, 1.82) is 0 Å². The van der Waals surface area contributed by atoms with E-state index in [-0.39, 0.29) is 17.9 Å². The van der Waals surface area contributed by atoms with Gasteiger partial charge in [-0.3, -0.25) is 9.59 Å². The molecule has 7 nitrogen and oxygen atoms in total. The van der Waals surface area contributed by atoms with Gasteiger partial charge in [0.2, 0.25) is 11.8 Å². The predicted octanol–water partition coefficient (Wildman–Crippen LogP) is 3.11. The van der Waals surface area contributed by atoms with Gasteiger partial charge in [0.15, 0.2) is 5.82 Å². The Morgan fingerprint density at radius 1 is 1.13 bits per heavy atom. The standard InChI is InChI=1S/C24H31N5O2/c1-17(30)28-15-13-20-19(16-28)23(25-2)27-24(26-20)21-10-6-7-14-29(21)22(31)12-11-18-8-4-3-5-9-18/h3-5,8-9,21H,6-7,10-16H2,1-2H3,(H,25,26,27)/t21-/m1/s1. The maximum Gasteiger partial charge on any atom is 0.223 e. The Bertz CT molecular complexity index is 929. The van der Waals surface area contributed by atoms with Crippen LogP contribution in [0.1, 0.15) is 61.3 Å². The van der Waals surface area contributed by atoms with Gasteiger partial charge in [-0.25, -0.2) is 9.97 Å². The number of hydrogen-bond acceptors (Lipinski definition) is 5. The molecule has 4 rings (SSSR count). The van der Waals surface area contributed by atoms with Gasteiger partial charge < -0.3 is 15.1 Å². The molecule has 1 aromatic heterocycles. The van der Waals surface area contributed by atoms with Gasteiger partial charge in [-0.15, -0.1) is 0 Å². The average molecular weight is 422 g/mol. The first kappa shape index (κ1) is 21.3. The number of nitrogens with zero attached hydrogens (tertiary/aromatic N) is 4. The molecule has 1 N–H and O–H groups in total. The van der Waals surface area contributed by atoms with E-state index in [1.165, 1.54) is 5.56 Å². The Morgan fingerprint density at radius 2 is 1.94 bits per heavy atom. The zero-order valence-corrected chi connectivity index (χ0v) is 18.4. The van der Waals surface area contributed by atoms with Crippen molar-refractivity contribution >= 4 is 17.6 Å². The van der Waals surface area contributed by atoms with E-state index in [1.807, 2.05) is 35.0 Å². The summed E-state index contributed by atoms with van der Waals surface area (Å²) in [6.07, 6.45) is 4.94. The highest BCUT2D eigenvalue weighted by Gasteiger charge is 2.32. The molecule has 7 heteroatoms. The van der Waals surface area contributed by atoms with Crippen molar-refractivity contribution in [3.63, 3.8) is 0 Å². The Balaban J connectivity index is 1.55. The number of hydrogen-bond donors (Lipinski definition) is 1. The van der Waals surface area contributed by atoms with E-state index in [0.29, 0.717) is 25.9 Å². The number of piperidine rings is 1. The fraction of sp³-hybridized carbons (Fsp3) is 0.500. The van der Waals surface area contributed by atoms with Gasteiger partial charge in [0.1, 0.15) is 5.82 Å². The highest BCUT2D eigenvalue weighted by Crippen LogP contribution is 2.33. The Hall–Kier alpha value is -2.96. The summed E-state index contributed by atoms with van der Waals surface area (Å²) in [5, 5.41) is 3.19. The maximum absolute atomic E-state index is 13.1. The number of nitrogens with one attached hydrogen (secondary N) is 1. The molecule has 0 bridgehead atoms. The van der Waals surface area contributed by atoms with E-state index in [4.69, 9.17) is 9.97 Å². The molecule has 2 aromatic rings. The van der Waals surface area contributed by atoms with Crippen LogP contribution in [0.4, 0.5) is 5.82 Å². The van der Waals surface area contributed by atoms with Crippen LogP contribution in [0.25, 0.3) is 0 Å². The number of aromatic nitrogens is 2. The molecule has 1 saturated heterocycles. The first-order valence-electron chi connectivity index (χ1n) is 11.2. The summed E-state index contributed by atoms with van der Waals surface area (Å²) in [5.41, 5.74) is 3.17. The Kier molecular flexibility index (Phi) is 6.49. The third kappa shape index (κ3) is 4.70. The van der Waals surface area contributed by atoms with Crippen molar-refractivity contribution in [3.05, 3.63) is 53.0 Å². The Labute approximate surface area is 183 Å². The number of aryl methyl sites for hydroxylation is 1. The average Bonchev–Trinajstić information content (AvgIpc) is 2.82. The summed E-state index contributed by atoms with van der Waals surface area (Å²) < 4.78 is 0. The van der Waals surface area contributed by atoms with Crippen molar-refractivity contribution in [2.45, 2.75) is 58.0 Å². The summed E-state index contributed by atoms with van der Waals surface area (Å²) in [6, 6.07) is 10.1. The second kappa shape index (κ2) is 9.45. The van der Waals surface area contributed by atoms with Crippen LogP contribution >= 0.6 is 0 Å². The van der Waals surface area contributed by atoms with E-state index in [9.17, 15) is 9.59 Å². The lowest BCUT2D eigenvalue weighted by Crippen LogP contribution is -2.40. The van der Waals surface area contributed by atoms with E-state index < -0.39 is 0 Å². The summed E-state index contributed by atoms with van der Waals surface area (Å²) in [4.78, 5) is 38.5. The molecule has 0 unspecified atom stereocenters. The lowest BCUT2D eigenvalue weighted by Gasteiger charge is -2.36. The van der Waals surface area contributed by atoms with Gasteiger partial charge in [0.05, 0.1) is 18.3 Å². The largest absolute Gasteiger partial charge is 0.373 e. The maximum atomic E-state index is 13.1. The molecule has 1 aromatic carbocycles. The monoisotopic (exact) mass is 421 g/mol. The number of fused-ring (bicyclic) bond motifs is 1. The number of likely N-dealkylation sites (tertiary alicyclic amines) is 1. The van der Waals surface area contributed by atoms with Crippen molar-refractivity contribution < 1.29 is 9.59 Å². The highest BCUT2D eigenvalue weighted by atomic mass is 16.2. The molecule has 2 aliphatic heterocycles. The van der Waals surface area contributed by atoms with E-state index in [2.05, 4.69) is 17.4 Å². The van der Waals surface area contributed by atoms with Crippen LogP contribution in [0.3, 0.4) is 0 Å². The van der Waals surface area contributed by atoms with Crippen LogP contribution in [0.15, 0.2) is 30.3 Å². The molecule has 2 amide bonds. The first-order chi connectivity index (χ1) is 15.1. The zero-order valence-electron chi connectivity index (χ0n) is 18.4. The SMILES string of the molecule is CNc1nc([C@H]2CCCCN2C(=O)CCc2ccccc2)nc2c1CN(C(C)=O)CC2. The van der Waals surface area contributed by atoms with Crippen LogP contribution in [-0.2, 0) is 29.0 Å². The number of anilines is 1. The summed E-state index contributed by atoms with van der Waals surface area (Å²) in [5.74, 6) is 1.74. The normalized spacial score (nSPS) is 18.5. The number of carbonyl (C=O) groups is 2. The van der Waals surface area contributed by atoms with Gasteiger partial charge in [-0.1, -0.05) is 30.3 Å². The van der Waals surface area contributed by atoms with Gasteiger partial charge in [0, 0.05) is 45.5 Å². The molecule has 1 fully saturated rings. The molecule has 0 spiro atoms. The summed E-state index contributed by atoms with van der Waals surface area (Å²) in [7, 11) is 1.85. The minimum Gasteiger partial charge on any atom is -0.373 e. The molecule has 164 valence electrons. The predicted molar refractivity (Wildman–Crippen MR) is 119 cm³/mol. The fourth-order valence-corrected chi connectivity index (χ4v) is 4.60. The Morgan fingerprint density at radius 3 is 2.68 bits per heavy atom. The van der Waals surface area contributed by atoms with E-state index in [1.54, 1.807) is 6.92 Å². The van der Waals surface area contributed by atoms with Crippen LogP contribution in [0.5, 0.6) is 0 Å². The second-order valence-electron chi connectivity index (χ2n) is 8.38. The van der Waals surface area contributed by atoms with Gasteiger partial charge in [-0.05, 0) is 31.2 Å². The highest BCUT2D eigenvalue weighted by molar-refractivity contribution is 5.77. The van der Waals surface area contributed by atoms with Crippen LogP contribution in [-0.4, -0.2) is 51.7 Å². The molecular weight excluding hydrogens is 390 g/mol. The third-order valence-corrected chi connectivity index (χ3v) is 6.35. The first-order valence-corrected chi connectivity index (χ1v) is 11.2. The number of rotatable bonds is 5. The second-order valence-corrected chi connectivity index (χ2v) is 8.38. The minimum atomic E-state index is -0.0831. The molecule has 1 atom stereocenters. The van der Waals surface area contributed by atoms with Gasteiger partial charge >= 0.3 is 0 Å². The smallest absolute Gasteiger partial charge is 0.223 e. The number of benzene rings is 1. The third-order valence-electron chi connectivity index (χ3n) is 6.35. The zero-order chi connectivity index (χ0) is 21.8. The van der Waals surface area contributed by atoms with Gasteiger partial charge in [-0.2, -0.15) is 0 Å². The molecule has 0 saturated carbocycles. The molecular formula is C24H31N5O2. The number of carbonyl (C=O) groups excluding carboxylic acids is 2. The van der Waals surface area contributed by atoms with Crippen molar-refractivity contribution in [3.8, 4) is 0 Å². The van der Waals surface area contributed by atoms with E-state index in [0.717, 1.165) is 55.1 Å². The summed E-state index contributed by atoms with van der Waals surface area (Å²) >= 11 is 0. The quantitative estimate of drug-likeness (QED) is 0.803. The minimum absolute atomic E-state index is 0.0687. The van der Waals surface area contributed by atoms with Crippen LogP contribution in [0, 0.1) is 0 Å². The lowest BCUT2D eigenvalue weighted by molar-refractivity contribution is -0.135. The van der Waals surface area contributed by atoms with Crippen molar-refractivity contribution in [2.75, 3.05) is 25.5 Å². The topological polar surface area (TPSA) is 78.4 Å². The van der Waals surface area contributed by atoms with Crippen LogP contribution < -0.4 is 5.32 Å². The van der Waals surface area contributed by atoms with Crippen molar-refractivity contribution in [1.82, 2.24) is 19.8 Å². The number of amides is 2. The van der Waals surface area contributed by atoms with Gasteiger partial charge in [0.25, 0.3) is 0 Å². The molecule has 3 heterocycles. The molecule has 0 aliphatic carbocycles. The lowest BCUT2D eigenvalue weighted by atomic mass is 9.99.